The first-order chi connectivity index (χ1) is 9.15. The summed E-state index contributed by atoms with van der Waals surface area (Å²) in [6, 6.07) is 7.91. The molecule has 0 radical (unpaired) electrons. The van der Waals surface area contributed by atoms with Gasteiger partial charge in [0.2, 0.25) is 5.91 Å². The summed E-state index contributed by atoms with van der Waals surface area (Å²) in [4.78, 5) is 16.8. The molecule has 0 N–H and O–H groups in total. The van der Waals surface area contributed by atoms with Crippen molar-refractivity contribution in [2.24, 2.45) is 0 Å². The summed E-state index contributed by atoms with van der Waals surface area (Å²) in [6.45, 7) is 1.80. The van der Waals surface area contributed by atoms with E-state index in [0.29, 0.717) is 13.1 Å². The Labute approximate surface area is 117 Å². The lowest BCUT2D eigenvalue weighted by Gasteiger charge is -2.22. The van der Waals surface area contributed by atoms with Gasteiger partial charge in [0, 0.05) is 25.5 Å². The van der Waals surface area contributed by atoms with E-state index >= 15 is 0 Å². The van der Waals surface area contributed by atoms with Gasteiger partial charge in [0.15, 0.2) is 0 Å². The Balaban J connectivity index is 2.02. The molecule has 0 atom stereocenters. The monoisotopic (exact) mass is 278 g/mol. The van der Waals surface area contributed by atoms with Crippen LogP contribution in [0.3, 0.4) is 0 Å². The number of likely N-dealkylation sites (N-methyl/N-ethyl adjacent to an activating group) is 1. The van der Waals surface area contributed by atoms with Crippen LogP contribution in [0.4, 0.5) is 0 Å². The molecule has 0 unspecified atom stereocenters. The van der Waals surface area contributed by atoms with Gasteiger partial charge in [-0.05, 0) is 23.6 Å². The largest absolute Gasteiger partial charge is 0.468 e. The zero-order valence-corrected chi connectivity index (χ0v) is 12.0. The number of furan rings is 1. The molecule has 0 saturated carbocycles. The van der Waals surface area contributed by atoms with Crippen molar-refractivity contribution in [2.45, 2.75) is 13.1 Å². The van der Waals surface area contributed by atoms with Gasteiger partial charge in [-0.25, -0.2) is 0 Å². The molecule has 0 fully saturated rings. The van der Waals surface area contributed by atoms with Gasteiger partial charge in [0.1, 0.15) is 5.76 Å². The molecule has 1 amide bonds. The molecule has 19 heavy (non-hydrogen) atoms. The van der Waals surface area contributed by atoms with Crippen molar-refractivity contribution in [1.29, 1.82) is 0 Å². The molecule has 2 rings (SSSR count). The average Bonchev–Trinajstić information content (AvgIpc) is 3.01. The van der Waals surface area contributed by atoms with Gasteiger partial charge in [-0.2, -0.15) is 0 Å². The maximum Gasteiger partial charge on any atom is 0.236 e. The number of rotatable bonds is 6. The molecule has 2 aromatic heterocycles. The molecule has 5 heteroatoms. The van der Waals surface area contributed by atoms with Crippen LogP contribution in [0.1, 0.15) is 10.6 Å². The van der Waals surface area contributed by atoms with Crippen LogP contribution >= 0.6 is 11.3 Å². The van der Waals surface area contributed by atoms with E-state index in [0.717, 1.165) is 12.3 Å². The molecule has 2 heterocycles. The summed E-state index contributed by atoms with van der Waals surface area (Å²) in [7, 11) is 3.55. The predicted molar refractivity (Wildman–Crippen MR) is 75.8 cm³/mol. The van der Waals surface area contributed by atoms with E-state index < -0.39 is 0 Å². The van der Waals surface area contributed by atoms with Gasteiger partial charge in [0.25, 0.3) is 0 Å². The highest BCUT2D eigenvalue weighted by Gasteiger charge is 2.14. The first-order valence-corrected chi connectivity index (χ1v) is 7.00. The van der Waals surface area contributed by atoms with Crippen LogP contribution in [0.2, 0.25) is 0 Å². The molecule has 0 spiro atoms. The van der Waals surface area contributed by atoms with E-state index in [4.69, 9.17) is 4.42 Å². The normalized spacial score (nSPS) is 10.9. The van der Waals surface area contributed by atoms with Crippen molar-refractivity contribution in [3.05, 3.63) is 46.5 Å². The van der Waals surface area contributed by atoms with Crippen LogP contribution in [0.5, 0.6) is 0 Å². The van der Waals surface area contributed by atoms with E-state index in [1.54, 1.807) is 36.6 Å². The smallest absolute Gasteiger partial charge is 0.236 e. The van der Waals surface area contributed by atoms with E-state index in [1.165, 1.54) is 4.88 Å². The third-order valence-corrected chi connectivity index (χ3v) is 3.64. The Morgan fingerprint density at radius 2 is 2.11 bits per heavy atom. The summed E-state index contributed by atoms with van der Waals surface area (Å²) >= 11 is 1.70. The Bertz CT molecular complexity index is 455. The fraction of sp³-hybridized carbons (Fsp3) is 0.357. The van der Waals surface area contributed by atoms with Crippen LogP contribution in [0, 0.1) is 0 Å². The van der Waals surface area contributed by atoms with Crippen LogP contribution in [-0.2, 0) is 17.9 Å². The number of hydrogen-bond donors (Lipinski definition) is 0. The Morgan fingerprint density at radius 3 is 2.68 bits per heavy atom. The first kappa shape index (κ1) is 13.8. The second-order valence-corrected chi connectivity index (χ2v) is 5.62. The van der Waals surface area contributed by atoms with E-state index in [9.17, 15) is 4.79 Å². The topological polar surface area (TPSA) is 36.7 Å². The Hall–Kier alpha value is -1.59. The molecular formula is C14H18N2O2S. The van der Waals surface area contributed by atoms with Crippen molar-refractivity contribution >= 4 is 17.2 Å². The molecule has 2 aromatic rings. The summed E-state index contributed by atoms with van der Waals surface area (Å²) in [5, 5.41) is 2.05. The van der Waals surface area contributed by atoms with Gasteiger partial charge in [-0.1, -0.05) is 6.07 Å². The van der Waals surface area contributed by atoms with Gasteiger partial charge < -0.3 is 9.32 Å². The maximum atomic E-state index is 11.9. The fourth-order valence-electron chi connectivity index (χ4n) is 1.75. The van der Waals surface area contributed by atoms with Crippen molar-refractivity contribution < 1.29 is 9.21 Å². The average molecular weight is 278 g/mol. The highest BCUT2D eigenvalue weighted by atomic mass is 32.1. The van der Waals surface area contributed by atoms with Crippen molar-refractivity contribution in [1.82, 2.24) is 9.80 Å². The second-order valence-electron chi connectivity index (χ2n) is 4.59. The van der Waals surface area contributed by atoms with Crippen LogP contribution in [-0.4, -0.2) is 36.3 Å². The zero-order chi connectivity index (χ0) is 13.7. The number of carbonyl (C=O) groups is 1. The second kappa shape index (κ2) is 6.54. The van der Waals surface area contributed by atoms with Gasteiger partial charge >= 0.3 is 0 Å². The van der Waals surface area contributed by atoms with E-state index in [2.05, 4.69) is 11.0 Å². The van der Waals surface area contributed by atoms with Crippen LogP contribution in [0.15, 0.2) is 40.3 Å². The fourth-order valence-corrected chi connectivity index (χ4v) is 2.49. The third-order valence-electron chi connectivity index (χ3n) is 2.78. The summed E-state index contributed by atoms with van der Waals surface area (Å²) < 4.78 is 5.36. The Kier molecular flexibility index (Phi) is 4.76. The van der Waals surface area contributed by atoms with Gasteiger partial charge in [-0.15, -0.1) is 11.3 Å². The Morgan fingerprint density at radius 1 is 1.26 bits per heavy atom. The quantitative estimate of drug-likeness (QED) is 0.814. The maximum absolute atomic E-state index is 11.9. The number of carbonyl (C=O) groups excluding carboxylic acids is 1. The number of nitrogens with zero attached hydrogens (tertiary/aromatic N) is 2. The van der Waals surface area contributed by atoms with Gasteiger partial charge in [0.05, 0.1) is 19.4 Å². The highest BCUT2D eigenvalue weighted by Crippen LogP contribution is 2.14. The number of amides is 1. The van der Waals surface area contributed by atoms with Crippen LogP contribution in [0.25, 0.3) is 0 Å². The van der Waals surface area contributed by atoms with Crippen molar-refractivity contribution in [3.63, 3.8) is 0 Å². The van der Waals surface area contributed by atoms with Crippen LogP contribution < -0.4 is 0 Å². The minimum atomic E-state index is 0.100. The predicted octanol–water partition coefficient (Wildman–Crippen LogP) is 2.43. The molecule has 0 bridgehead atoms. The standard InChI is InChI=1S/C14H18N2O2S/c1-15(2)14(17)11-16(9-12-5-3-7-18-12)10-13-6-4-8-19-13/h3-8H,9-11H2,1-2H3. The minimum absolute atomic E-state index is 0.100. The lowest BCUT2D eigenvalue weighted by atomic mass is 10.3. The minimum Gasteiger partial charge on any atom is -0.468 e. The molecule has 0 saturated heterocycles. The molecule has 102 valence electrons. The summed E-state index contributed by atoms with van der Waals surface area (Å²) in [5.41, 5.74) is 0. The SMILES string of the molecule is CN(C)C(=O)CN(Cc1ccco1)Cc1cccs1. The van der Waals surface area contributed by atoms with Crippen molar-refractivity contribution in [2.75, 3.05) is 20.6 Å². The summed E-state index contributed by atoms with van der Waals surface area (Å²) in [5.74, 6) is 0.978. The lowest BCUT2D eigenvalue weighted by Crippen LogP contribution is -2.35. The van der Waals surface area contributed by atoms with Crippen molar-refractivity contribution in [3.8, 4) is 0 Å². The molecule has 0 aliphatic heterocycles. The molecule has 0 aliphatic carbocycles. The van der Waals surface area contributed by atoms with E-state index in [1.807, 2.05) is 23.6 Å². The molecule has 0 aliphatic rings. The highest BCUT2D eigenvalue weighted by molar-refractivity contribution is 7.09. The zero-order valence-electron chi connectivity index (χ0n) is 11.2. The molecule has 4 nitrogen and oxygen atoms in total. The third kappa shape index (κ3) is 4.22. The van der Waals surface area contributed by atoms with Gasteiger partial charge in [-0.3, -0.25) is 9.69 Å². The summed E-state index contributed by atoms with van der Waals surface area (Å²) in [6.07, 6.45) is 1.66. The molecule has 0 aromatic carbocycles. The molecular weight excluding hydrogens is 260 g/mol. The van der Waals surface area contributed by atoms with E-state index in [-0.39, 0.29) is 5.91 Å². The number of thiophene rings is 1. The first-order valence-electron chi connectivity index (χ1n) is 6.12. The lowest BCUT2D eigenvalue weighted by molar-refractivity contribution is -0.130. The number of hydrogen-bond acceptors (Lipinski definition) is 4.